The molecule has 1 N–H and O–H groups in total. The van der Waals surface area contributed by atoms with E-state index in [-0.39, 0.29) is 6.04 Å². The van der Waals surface area contributed by atoms with E-state index in [4.69, 9.17) is 40.5 Å². The quantitative estimate of drug-likeness (QED) is 0.482. The Morgan fingerprint density at radius 2 is 1.79 bits per heavy atom. The average molecular weight is 512 g/mol. The summed E-state index contributed by atoms with van der Waals surface area (Å²) in [7, 11) is 0. The van der Waals surface area contributed by atoms with Gasteiger partial charge in [-0.05, 0) is 48.7 Å². The van der Waals surface area contributed by atoms with Crippen molar-refractivity contribution in [3.05, 3.63) is 62.5 Å². The third-order valence-electron chi connectivity index (χ3n) is 5.20. The summed E-state index contributed by atoms with van der Waals surface area (Å²) in [5.74, 6) is 0. The number of benzene rings is 2. The van der Waals surface area contributed by atoms with Crippen molar-refractivity contribution in [2.75, 3.05) is 18.1 Å². The van der Waals surface area contributed by atoms with Gasteiger partial charge < -0.3 is 5.43 Å². The first kappa shape index (κ1) is 21.1. The molecule has 1 atom stereocenters. The molecular formula is C21H21BrCl2N4S. The van der Waals surface area contributed by atoms with Crippen LogP contribution < -0.4 is 10.4 Å². The van der Waals surface area contributed by atoms with E-state index in [1.165, 1.54) is 19.3 Å². The molecule has 2 aromatic rings. The van der Waals surface area contributed by atoms with E-state index in [1.807, 2.05) is 29.3 Å². The molecule has 2 heterocycles. The SMILES string of the molecule is S=C(NN1CCCCC1)C1=NN(c2ccc(Cl)cc2Cl)C(c2ccc(Br)cc2)C1. The van der Waals surface area contributed by atoms with Crippen LogP contribution in [0.2, 0.25) is 10.0 Å². The lowest BCUT2D eigenvalue weighted by Gasteiger charge is -2.27. The highest BCUT2D eigenvalue weighted by atomic mass is 79.9. The number of hydrogen-bond acceptors (Lipinski definition) is 4. The van der Waals surface area contributed by atoms with Gasteiger partial charge in [-0.25, -0.2) is 5.01 Å². The first-order chi connectivity index (χ1) is 14.0. The summed E-state index contributed by atoms with van der Waals surface area (Å²) in [6, 6.07) is 13.8. The molecule has 8 heteroatoms. The minimum absolute atomic E-state index is 0.0119. The zero-order valence-electron chi connectivity index (χ0n) is 15.7. The number of nitrogens with one attached hydrogen (secondary N) is 1. The fourth-order valence-corrected chi connectivity index (χ4v) is 4.71. The van der Waals surface area contributed by atoms with Crippen molar-refractivity contribution in [2.45, 2.75) is 31.7 Å². The summed E-state index contributed by atoms with van der Waals surface area (Å²) in [5, 5.41) is 10.2. The molecule has 1 unspecified atom stereocenters. The second-order valence-electron chi connectivity index (χ2n) is 7.25. The lowest BCUT2D eigenvalue weighted by atomic mass is 10.0. The van der Waals surface area contributed by atoms with E-state index in [2.05, 4.69) is 38.5 Å². The van der Waals surface area contributed by atoms with Crippen LogP contribution in [0.1, 0.15) is 37.3 Å². The van der Waals surface area contributed by atoms with Gasteiger partial charge in [0.2, 0.25) is 0 Å². The molecule has 0 amide bonds. The van der Waals surface area contributed by atoms with Gasteiger partial charge in [-0.2, -0.15) is 5.10 Å². The molecule has 0 saturated carbocycles. The highest BCUT2D eigenvalue weighted by Gasteiger charge is 2.32. The standard InChI is InChI=1S/C21H21BrCl2N4S/c22-15-6-4-14(5-7-15)20-13-18(21(29)26-27-10-2-1-3-11-27)25-28(20)19-9-8-16(23)12-17(19)24/h4-9,12,20H,1-3,10-11,13H2,(H,26,29). The van der Waals surface area contributed by atoms with E-state index < -0.39 is 0 Å². The number of halogens is 3. The number of piperidine rings is 1. The Morgan fingerprint density at radius 1 is 1.07 bits per heavy atom. The van der Waals surface area contributed by atoms with Crippen LogP contribution in [-0.4, -0.2) is 28.8 Å². The van der Waals surface area contributed by atoms with Crippen LogP contribution in [0.25, 0.3) is 0 Å². The van der Waals surface area contributed by atoms with Crippen LogP contribution >= 0.6 is 51.3 Å². The minimum atomic E-state index is 0.0119. The molecule has 1 saturated heterocycles. The van der Waals surface area contributed by atoms with Gasteiger partial charge in [-0.3, -0.25) is 5.01 Å². The molecule has 2 aliphatic rings. The third-order valence-corrected chi connectivity index (χ3v) is 6.59. The Kier molecular flexibility index (Phi) is 6.76. The van der Waals surface area contributed by atoms with E-state index >= 15 is 0 Å². The summed E-state index contributed by atoms with van der Waals surface area (Å²) in [6.07, 6.45) is 4.37. The van der Waals surface area contributed by atoms with Crippen LogP contribution in [0.5, 0.6) is 0 Å². The second-order valence-corrected chi connectivity index (χ2v) is 9.41. The molecular weight excluding hydrogens is 491 g/mol. The van der Waals surface area contributed by atoms with Crippen molar-refractivity contribution >= 4 is 67.7 Å². The van der Waals surface area contributed by atoms with Crippen molar-refractivity contribution in [3.63, 3.8) is 0 Å². The maximum Gasteiger partial charge on any atom is 0.137 e. The maximum absolute atomic E-state index is 6.51. The second kappa shape index (κ2) is 9.31. The molecule has 0 bridgehead atoms. The molecule has 0 aliphatic carbocycles. The fourth-order valence-electron chi connectivity index (χ4n) is 3.69. The number of anilines is 1. The van der Waals surface area contributed by atoms with E-state index in [0.29, 0.717) is 21.5 Å². The first-order valence-electron chi connectivity index (χ1n) is 9.64. The predicted octanol–water partition coefficient (Wildman–Crippen LogP) is 6.38. The van der Waals surface area contributed by atoms with E-state index in [0.717, 1.165) is 34.5 Å². The lowest BCUT2D eigenvalue weighted by molar-refractivity contribution is 0.197. The Labute approximate surface area is 194 Å². The zero-order valence-corrected chi connectivity index (χ0v) is 19.7. The first-order valence-corrected chi connectivity index (χ1v) is 11.6. The van der Waals surface area contributed by atoms with Crippen molar-refractivity contribution in [1.82, 2.24) is 10.4 Å². The van der Waals surface area contributed by atoms with Gasteiger partial charge >= 0.3 is 0 Å². The molecule has 2 aromatic carbocycles. The molecule has 0 aromatic heterocycles. The van der Waals surface area contributed by atoms with Crippen molar-refractivity contribution < 1.29 is 0 Å². The molecule has 29 heavy (non-hydrogen) atoms. The normalized spacial score (nSPS) is 19.9. The Hall–Kier alpha value is -1.18. The number of hydrazone groups is 1. The summed E-state index contributed by atoms with van der Waals surface area (Å²) in [5.41, 5.74) is 6.22. The molecule has 4 rings (SSSR count). The van der Waals surface area contributed by atoms with Gasteiger partial charge in [0.25, 0.3) is 0 Å². The number of thiocarbonyl (C=S) groups is 1. The summed E-state index contributed by atoms with van der Waals surface area (Å²) in [4.78, 5) is 0.682. The minimum Gasteiger partial charge on any atom is -0.308 e. The van der Waals surface area contributed by atoms with Crippen molar-refractivity contribution in [3.8, 4) is 0 Å². The van der Waals surface area contributed by atoms with Gasteiger partial charge in [0.1, 0.15) is 4.99 Å². The Bertz CT molecular complexity index is 929. The lowest BCUT2D eigenvalue weighted by Crippen LogP contribution is -2.46. The predicted molar refractivity (Wildman–Crippen MR) is 129 cm³/mol. The van der Waals surface area contributed by atoms with E-state index in [1.54, 1.807) is 6.07 Å². The molecule has 1 fully saturated rings. The van der Waals surface area contributed by atoms with Crippen LogP contribution in [0, 0.1) is 0 Å². The van der Waals surface area contributed by atoms with Gasteiger partial charge in [0.05, 0.1) is 22.5 Å². The van der Waals surface area contributed by atoms with Gasteiger partial charge in [0, 0.05) is 29.0 Å². The smallest absolute Gasteiger partial charge is 0.137 e. The number of hydrazine groups is 1. The molecule has 4 nitrogen and oxygen atoms in total. The third kappa shape index (κ3) is 4.94. The van der Waals surface area contributed by atoms with Crippen LogP contribution in [-0.2, 0) is 0 Å². The summed E-state index contributed by atoms with van der Waals surface area (Å²) >= 11 is 21.8. The maximum atomic E-state index is 6.51. The highest BCUT2D eigenvalue weighted by molar-refractivity contribution is 9.10. The summed E-state index contributed by atoms with van der Waals surface area (Å²) in [6.45, 7) is 2.02. The van der Waals surface area contributed by atoms with Gasteiger partial charge in [0.15, 0.2) is 0 Å². The topological polar surface area (TPSA) is 30.9 Å². The average Bonchev–Trinajstić information content (AvgIpc) is 3.14. The summed E-state index contributed by atoms with van der Waals surface area (Å²) < 4.78 is 1.04. The monoisotopic (exact) mass is 510 g/mol. The number of rotatable bonds is 4. The van der Waals surface area contributed by atoms with E-state index in [9.17, 15) is 0 Å². The molecule has 0 radical (unpaired) electrons. The number of nitrogens with zero attached hydrogens (tertiary/aromatic N) is 3. The Morgan fingerprint density at radius 3 is 2.48 bits per heavy atom. The van der Waals surface area contributed by atoms with Crippen LogP contribution in [0.3, 0.4) is 0 Å². The largest absolute Gasteiger partial charge is 0.308 e. The van der Waals surface area contributed by atoms with Crippen molar-refractivity contribution in [2.24, 2.45) is 5.10 Å². The van der Waals surface area contributed by atoms with Gasteiger partial charge in [-0.15, -0.1) is 0 Å². The highest BCUT2D eigenvalue weighted by Crippen LogP contribution is 2.40. The van der Waals surface area contributed by atoms with Crippen LogP contribution in [0.4, 0.5) is 5.69 Å². The van der Waals surface area contributed by atoms with Gasteiger partial charge in [-0.1, -0.05) is 69.9 Å². The number of hydrogen-bond donors (Lipinski definition) is 1. The van der Waals surface area contributed by atoms with Crippen LogP contribution in [0.15, 0.2) is 52.0 Å². The molecule has 2 aliphatic heterocycles. The Balaban J connectivity index is 1.62. The zero-order chi connectivity index (χ0) is 20.4. The van der Waals surface area contributed by atoms with Crippen molar-refractivity contribution in [1.29, 1.82) is 0 Å². The molecule has 152 valence electrons. The molecule has 0 spiro atoms. The fraction of sp³-hybridized carbons (Fsp3) is 0.333.